The van der Waals surface area contributed by atoms with Crippen molar-refractivity contribution in [3.05, 3.63) is 40.2 Å². The van der Waals surface area contributed by atoms with Crippen LogP contribution < -0.4 is 32.1 Å². The van der Waals surface area contributed by atoms with Crippen molar-refractivity contribution >= 4 is 78.7 Å². The van der Waals surface area contributed by atoms with Crippen molar-refractivity contribution in [1.29, 1.82) is 0 Å². The summed E-state index contributed by atoms with van der Waals surface area (Å²) in [5, 5.41) is 26.8. The van der Waals surface area contributed by atoms with E-state index in [9.17, 15) is 24.3 Å². The van der Waals surface area contributed by atoms with E-state index in [0.717, 1.165) is 12.1 Å². The van der Waals surface area contributed by atoms with Crippen molar-refractivity contribution in [2.24, 2.45) is 0 Å². The van der Waals surface area contributed by atoms with Crippen LogP contribution in [0.2, 0.25) is 0 Å². The first-order chi connectivity index (χ1) is 16.7. The predicted molar refractivity (Wildman–Crippen MR) is 136 cm³/mol. The van der Waals surface area contributed by atoms with Gasteiger partial charge in [0.1, 0.15) is 11.7 Å². The van der Waals surface area contributed by atoms with E-state index in [1.807, 2.05) is 11.8 Å². The van der Waals surface area contributed by atoms with Crippen LogP contribution >= 0.6 is 0 Å². The average molecular weight is 528 g/mol. The summed E-state index contributed by atoms with van der Waals surface area (Å²) in [6.07, 6.45) is 0.242. The number of fused-ring (bicyclic) bond motifs is 1. The number of aromatic nitrogens is 2. The van der Waals surface area contributed by atoms with Crippen LogP contribution in [0, 0.1) is 0 Å². The standard InChI is InChI=1S/C22H29N7O6.Ca/c1-2-9-29-14(11-25-18-17(29)20(33)28-22(23)27-18)10-24-13-5-3-12(4-6-13)19(32)26-15(21(34)35)7-8-16(30)31;/h3-6,14-15,24H,2,7-11H2,1H3,(H,26,32)(H,30,31)(H,34,35)(H4,23,25,27,28,33);/q;+2. The molecule has 36 heavy (non-hydrogen) atoms. The molecule has 8 N–H and O–H groups in total. The Hall–Kier alpha value is -3.03. The minimum absolute atomic E-state index is 0. The molecule has 0 saturated heterocycles. The Labute approximate surface area is 236 Å². The number of H-pyrrole nitrogens is 1. The van der Waals surface area contributed by atoms with E-state index in [-0.39, 0.29) is 73.7 Å². The van der Waals surface area contributed by atoms with Crippen LogP contribution in [0.1, 0.15) is 36.5 Å². The number of nitrogen functional groups attached to an aromatic ring is 1. The molecule has 1 aromatic heterocycles. The maximum absolute atomic E-state index is 12.5. The fourth-order valence-electron chi connectivity index (χ4n) is 3.84. The van der Waals surface area contributed by atoms with Crippen molar-refractivity contribution < 1.29 is 24.6 Å². The van der Waals surface area contributed by atoms with Gasteiger partial charge in [0, 0.05) is 37.3 Å². The van der Waals surface area contributed by atoms with Gasteiger partial charge < -0.3 is 36.8 Å². The zero-order valence-corrected chi connectivity index (χ0v) is 22.1. The third-order valence-corrected chi connectivity index (χ3v) is 5.55. The van der Waals surface area contributed by atoms with Crippen LogP contribution in [0.15, 0.2) is 29.1 Å². The molecular weight excluding hydrogens is 498 g/mol. The molecule has 1 aliphatic heterocycles. The van der Waals surface area contributed by atoms with E-state index in [4.69, 9.17) is 10.8 Å². The Balaban J connectivity index is 0.00000456. The summed E-state index contributed by atoms with van der Waals surface area (Å²) in [5.41, 5.74) is 6.77. The number of carbonyl (C=O) groups excluding carboxylic acids is 1. The number of carbonyl (C=O) groups is 3. The van der Waals surface area contributed by atoms with Crippen LogP contribution in [-0.4, -0.2) is 107 Å². The molecule has 1 aliphatic rings. The molecule has 0 radical (unpaired) electrons. The summed E-state index contributed by atoms with van der Waals surface area (Å²) in [7, 11) is 0. The van der Waals surface area contributed by atoms with Crippen LogP contribution in [0.4, 0.5) is 23.1 Å². The normalized spacial score (nSPS) is 15.0. The van der Waals surface area contributed by atoms with E-state index in [1.54, 1.807) is 24.3 Å². The van der Waals surface area contributed by atoms with Crippen molar-refractivity contribution in [2.45, 2.75) is 38.3 Å². The number of nitrogens with one attached hydrogen (secondary N) is 4. The van der Waals surface area contributed by atoms with E-state index >= 15 is 0 Å². The molecule has 14 heteroatoms. The maximum Gasteiger partial charge on any atom is 2.00 e. The van der Waals surface area contributed by atoms with Crippen LogP contribution in [0.3, 0.4) is 0 Å². The first-order valence-corrected chi connectivity index (χ1v) is 11.2. The van der Waals surface area contributed by atoms with Gasteiger partial charge >= 0.3 is 49.7 Å². The minimum atomic E-state index is -1.30. The molecule has 2 heterocycles. The van der Waals surface area contributed by atoms with Gasteiger partial charge in [-0.1, -0.05) is 6.92 Å². The van der Waals surface area contributed by atoms with Crippen molar-refractivity contribution in [2.75, 3.05) is 40.9 Å². The predicted octanol–water partition coefficient (Wildman–Crippen LogP) is 0.142. The fourth-order valence-corrected chi connectivity index (χ4v) is 3.84. The number of amides is 1. The van der Waals surface area contributed by atoms with Gasteiger partial charge in [-0.05, 0) is 37.1 Å². The number of rotatable bonds is 11. The molecule has 188 valence electrons. The second-order valence-electron chi connectivity index (χ2n) is 8.13. The summed E-state index contributed by atoms with van der Waals surface area (Å²) in [6, 6.07) is 5.11. The molecule has 0 aliphatic carbocycles. The smallest absolute Gasteiger partial charge is 0.481 e. The third-order valence-electron chi connectivity index (χ3n) is 5.55. The molecular formula is C22H29CaN7O6+2. The molecule has 13 nitrogen and oxygen atoms in total. The zero-order chi connectivity index (χ0) is 25.5. The molecule has 0 bridgehead atoms. The molecule has 2 unspecified atom stereocenters. The van der Waals surface area contributed by atoms with Gasteiger partial charge in [-0.3, -0.25) is 19.4 Å². The van der Waals surface area contributed by atoms with Gasteiger partial charge in [0.15, 0.2) is 5.82 Å². The first-order valence-electron chi connectivity index (χ1n) is 11.2. The van der Waals surface area contributed by atoms with Crippen LogP contribution in [-0.2, 0) is 9.59 Å². The van der Waals surface area contributed by atoms with Crippen molar-refractivity contribution in [1.82, 2.24) is 15.3 Å². The first kappa shape index (κ1) is 29.2. The summed E-state index contributed by atoms with van der Waals surface area (Å²) in [4.78, 5) is 55.6. The summed E-state index contributed by atoms with van der Waals surface area (Å²) >= 11 is 0. The number of aliphatic carboxylic acids is 2. The number of nitrogens with zero attached hydrogens (tertiary/aromatic N) is 2. The maximum atomic E-state index is 12.5. The summed E-state index contributed by atoms with van der Waals surface area (Å²) in [6.45, 7) is 3.72. The van der Waals surface area contributed by atoms with Gasteiger partial charge in [-0.2, -0.15) is 4.98 Å². The second kappa shape index (κ2) is 13.3. The van der Waals surface area contributed by atoms with Gasteiger partial charge in [-0.15, -0.1) is 0 Å². The number of hydrogen-bond donors (Lipinski definition) is 7. The Morgan fingerprint density at radius 2 is 1.94 bits per heavy atom. The average Bonchev–Trinajstić information content (AvgIpc) is 2.80. The Morgan fingerprint density at radius 1 is 1.25 bits per heavy atom. The van der Waals surface area contributed by atoms with E-state index in [2.05, 4.69) is 25.9 Å². The second-order valence-corrected chi connectivity index (χ2v) is 8.13. The van der Waals surface area contributed by atoms with E-state index in [0.29, 0.717) is 31.1 Å². The number of aromatic amines is 1. The molecule has 2 aromatic rings. The molecule has 1 aromatic carbocycles. The molecule has 0 saturated carbocycles. The van der Waals surface area contributed by atoms with Crippen molar-refractivity contribution in [3.63, 3.8) is 0 Å². The number of benzene rings is 1. The molecule has 1 amide bonds. The quantitative estimate of drug-likeness (QED) is 0.196. The fraction of sp³-hybridized carbons (Fsp3) is 0.409. The molecule has 3 rings (SSSR count). The Kier molecular flexibility index (Phi) is 10.8. The third kappa shape index (κ3) is 7.48. The van der Waals surface area contributed by atoms with Gasteiger partial charge in [-0.25, -0.2) is 4.79 Å². The number of anilines is 4. The monoisotopic (exact) mass is 527 g/mol. The number of hydrogen-bond acceptors (Lipinski definition) is 9. The largest absolute Gasteiger partial charge is 2.00 e. The Morgan fingerprint density at radius 3 is 2.56 bits per heavy atom. The summed E-state index contributed by atoms with van der Waals surface area (Å²) < 4.78 is 0. The molecule has 0 spiro atoms. The van der Waals surface area contributed by atoms with Crippen LogP contribution in [0.5, 0.6) is 0 Å². The Bertz CT molecular complexity index is 1140. The zero-order valence-electron chi connectivity index (χ0n) is 19.9. The van der Waals surface area contributed by atoms with Gasteiger partial charge in [0.05, 0.1) is 6.04 Å². The number of carboxylic acids is 2. The van der Waals surface area contributed by atoms with Crippen LogP contribution in [0.25, 0.3) is 0 Å². The SMILES string of the molecule is CCCN1c2c(nc(N)[nH]c2=O)NCC1CNc1ccc(C(=O)NC(CCC(=O)O)C(=O)O)cc1.[Ca+2]. The summed E-state index contributed by atoms with van der Waals surface area (Å²) in [5.74, 6) is -2.54. The van der Waals surface area contributed by atoms with E-state index in [1.165, 1.54) is 0 Å². The molecule has 2 atom stereocenters. The van der Waals surface area contributed by atoms with Gasteiger partial charge in [0.2, 0.25) is 5.95 Å². The molecule has 0 fully saturated rings. The topological polar surface area (TPSA) is 203 Å². The van der Waals surface area contributed by atoms with Gasteiger partial charge in [0.25, 0.3) is 11.5 Å². The van der Waals surface area contributed by atoms with E-state index < -0.39 is 23.9 Å². The van der Waals surface area contributed by atoms with Crippen molar-refractivity contribution in [3.8, 4) is 0 Å². The number of nitrogens with two attached hydrogens (primary N) is 1. The minimum Gasteiger partial charge on any atom is -0.481 e. The number of carboxylic acid groups (broad SMARTS) is 2.